The number of fused-ring (bicyclic) bond motifs is 1. The van der Waals surface area contributed by atoms with E-state index in [0.717, 1.165) is 11.1 Å². The lowest BCUT2D eigenvalue weighted by Crippen LogP contribution is -2.29. The molecule has 0 saturated heterocycles. The summed E-state index contributed by atoms with van der Waals surface area (Å²) in [6.45, 7) is 3.20. The van der Waals surface area contributed by atoms with Crippen LogP contribution in [0.25, 0.3) is 0 Å². The molecule has 6 heteroatoms. The van der Waals surface area contributed by atoms with Gasteiger partial charge < -0.3 is 5.32 Å². The number of anilines is 1. The molecule has 0 aliphatic carbocycles. The molecule has 0 unspecified atom stereocenters. The molecular formula is C17H17N3O3. The van der Waals surface area contributed by atoms with Crippen LogP contribution < -0.4 is 5.32 Å². The predicted molar refractivity (Wildman–Crippen MR) is 87.0 cm³/mol. The van der Waals surface area contributed by atoms with Gasteiger partial charge in [0.2, 0.25) is 5.91 Å². The van der Waals surface area contributed by atoms with Crippen molar-refractivity contribution in [1.82, 2.24) is 4.90 Å². The fraction of sp³-hybridized carbons (Fsp3) is 0.235. The van der Waals surface area contributed by atoms with E-state index in [0.29, 0.717) is 24.3 Å². The molecular weight excluding hydrogens is 294 g/mol. The van der Waals surface area contributed by atoms with Crippen LogP contribution in [-0.2, 0) is 17.9 Å². The Bertz CT molecular complexity index is 759. The van der Waals surface area contributed by atoms with Gasteiger partial charge in [-0.3, -0.25) is 19.8 Å². The van der Waals surface area contributed by atoms with Crippen molar-refractivity contribution in [3.05, 3.63) is 69.3 Å². The molecule has 1 aliphatic heterocycles. The van der Waals surface area contributed by atoms with Gasteiger partial charge in [-0.25, -0.2) is 0 Å². The van der Waals surface area contributed by atoms with E-state index in [1.54, 1.807) is 13.0 Å². The summed E-state index contributed by atoms with van der Waals surface area (Å²) in [6.07, 6.45) is 0. The van der Waals surface area contributed by atoms with Gasteiger partial charge in [0.05, 0.1) is 17.2 Å². The first kappa shape index (κ1) is 15.2. The second-order valence-corrected chi connectivity index (χ2v) is 5.73. The first-order valence-electron chi connectivity index (χ1n) is 7.37. The molecule has 0 aromatic heterocycles. The van der Waals surface area contributed by atoms with Crippen LogP contribution in [0.15, 0.2) is 42.5 Å². The topological polar surface area (TPSA) is 75.5 Å². The molecule has 3 rings (SSSR count). The summed E-state index contributed by atoms with van der Waals surface area (Å²) in [5, 5.41) is 13.8. The van der Waals surface area contributed by atoms with Gasteiger partial charge in [0, 0.05) is 24.7 Å². The highest BCUT2D eigenvalue weighted by molar-refractivity contribution is 5.94. The number of benzene rings is 2. The smallest absolute Gasteiger partial charge is 0.274 e. The van der Waals surface area contributed by atoms with Crippen molar-refractivity contribution in [2.45, 2.75) is 20.0 Å². The number of nitro benzene ring substituents is 1. The van der Waals surface area contributed by atoms with Gasteiger partial charge in [-0.15, -0.1) is 0 Å². The maximum Gasteiger partial charge on any atom is 0.274 e. The number of hydrogen-bond donors (Lipinski definition) is 1. The van der Waals surface area contributed by atoms with Crippen LogP contribution in [0.1, 0.15) is 16.7 Å². The number of aryl methyl sites for hydroxylation is 1. The molecule has 1 aliphatic rings. The molecule has 6 nitrogen and oxygen atoms in total. The van der Waals surface area contributed by atoms with E-state index < -0.39 is 4.92 Å². The number of amides is 1. The Balaban J connectivity index is 1.90. The molecule has 2 aromatic carbocycles. The molecule has 23 heavy (non-hydrogen) atoms. The lowest BCUT2D eigenvalue weighted by molar-refractivity contribution is -0.385. The van der Waals surface area contributed by atoms with Gasteiger partial charge in [0.25, 0.3) is 5.69 Å². The van der Waals surface area contributed by atoms with Crippen molar-refractivity contribution >= 4 is 17.3 Å². The van der Waals surface area contributed by atoms with Crippen molar-refractivity contribution in [2.75, 3.05) is 11.9 Å². The van der Waals surface area contributed by atoms with Crippen LogP contribution >= 0.6 is 0 Å². The van der Waals surface area contributed by atoms with E-state index in [1.807, 2.05) is 35.2 Å². The average molecular weight is 311 g/mol. The van der Waals surface area contributed by atoms with Crippen molar-refractivity contribution in [2.24, 2.45) is 0 Å². The minimum absolute atomic E-state index is 0.0283. The van der Waals surface area contributed by atoms with Crippen molar-refractivity contribution < 1.29 is 9.72 Å². The molecule has 0 fully saturated rings. The lowest BCUT2D eigenvalue weighted by atomic mass is 10.1. The Labute approximate surface area is 133 Å². The minimum atomic E-state index is -0.422. The summed E-state index contributed by atoms with van der Waals surface area (Å²) in [7, 11) is 0. The standard InChI is InChI=1S/C17H17N3O3/c1-12-7-14-10-19(9-13-5-3-2-4-6-13)11-17(21)18-15(14)8-16(12)20(22)23/h2-8H,9-11H2,1H3,(H,18,21). The van der Waals surface area contributed by atoms with Gasteiger partial charge >= 0.3 is 0 Å². The third-order valence-electron chi connectivity index (χ3n) is 3.90. The monoisotopic (exact) mass is 311 g/mol. The first-order valence-corrected chi connectivity index (χ1v) is 7.37. The second-order valence-electron chi connectivity index (χ2n) is 5.73. The quantitative estimate of drug-likeness (QED) is 0.698. The maximum absolute atomic E-state index is 12.1. The number of rotatable bonds is 3. The summed E-state index contributed by atoms with van der Waals surface area (Å²) >= 11 is 0. The number of carbonyl (C=O) groups excluding carboxylic acids is 1. The molecule has 1 N–H and O–H groups in total. The summed E-state index contributed by atoms with van der Waals surface area (Å²) in [6, 6.07) is 13.2. The highest BCUT2D eigenvalue weighted by atomic mass is 16.6. The first-order chi connectivity index (χ1) is 11.0. The SMILES string of the molecule is Cc1cc2c(cc1[N+](=O)[O-])NC(=O)CN(Cc1ccccc1)C2. The molecule has 0 saturated carbocycles. The number of nitro groups is 1. The summed E-state index contributed by atoms with van der Waals surface area (Å²) < 4.78 is 0. The molecule has 1 amide bonds. The minimum Gasteiger partial charge on any atom is -0.324 e. The molecule has 0 radical (unpaired) electrons. The Morgan fingerprint density at radius 2 is 1.96 bits per heavy atom. The number of nitrogens with one attached hydrogen (secondary N) is 1. The fourth-order valence-corrected chi connectivity index (χ4v) is 2.84. The van der Waals surface area contributed by atoms with E-state index in [9.17, 15) is 14.9 Å². The van der Waals surface area contributed by atoms with Crippen molar-refractivity contribution in [1.29, 1.82) is 0 Å². The normalized spacial score (nSPS) is 14.7. The third kappa shape index (κ3) is 3.37. The Morgan fingerprint density at radius 1 is 1.22 bits per heavy atom. The number of carbonyl (C=O) groups is 1. The Kier molecular flexibility index (Phi) is 4.08. The van der Waals surface area contributed by atoms with E-state index in [4.69, 9.17) is 0 Å². The summed E-state index contributed by atoms with van der Waals surface area (Å²) in [5.74, 6) is -0.155. The van der Waals surface area contributed by atoms with Crippen LogP contribution in [0.3, 0.4) is 0 Å². The zero-order valence-corrected chi connectivity index (χ0v) is 12.8. The summed E-state index contributed by atoms with van der Waals surface area (Å²) in [4.78, 5) is 24.8. The maximum atomic E-state index is 12.1. The van der Waals surface area contributed by atoms with Gasteiger partial charge in [-0.2, -0.15) is 0 Å². The van der Waals surface area contributed by atoms with Crippen LogP contribution in [0.2, 0.25) is 0 Å². The van der Waals surface area contributed by atoms with E-state index in [1.165, 1.54) is 6.07 Å². The Morgan fingerprint density at radius 3 is 2.65 bits per heavy atom. The molecule has 0 spiro atoms. The van der Waals surface area contributed by atoms with Crippen molar-refractivity contribution in [3.8, 4) is 0 Å². The third-order valence-corrected chi connectivity index (χ3v) is 3.90. The zero-order chi connectivity index (χ0) is 16.4. The molecule has 0 bridgehead atoms. The van der Waals surface area contributed by atoms with Crippen LogP contribution in [0.4, 0.5) is 11.4 Å². The van der Waals surface area contributed by atoms with E-state index in [-0.39, 0.29) is 18.1 Å². The second kappa shape index (κ2) is 6.18. The van der Waals surface area contributed by atoms with Crippen molar-refractivity contribution in [3.63, 3.8) is 0 Å². The van der Waals surface area contributed by atoms with Crippen LogP contribution in [-0.4, -0.2) is 22.3 Å². The molecule has 2 aromatic rings. The van der Waals surface area contributed by atoms with Gasteiger partial charge in [0.15, 0.2) is 0 Å². The molecule has 0 atom stereocenters. The number of nitrogens with zero attached hydrogens (tertiary/aromatic N) is 2. The fourth-order valence-electron chi connectivity index (χ4n) is 2.84. The van der Waals surface area contributed by atoms with E-state index >= 15 is 0 Å². The predicted octanol–water partition coefficient (Wildman–Crippen LogP) is 2.86. The highest BCUT2D eigenvalue weighted by Gasteiger charge is 2.23. The molecule has 118 valence electrons. The average Bonchev–Trinajstić information content (AvgIpc) is 2.64. The lowest BCUT2D eigenvalue weighted by Gasteiger charge is -2.19. The van der Waals surface area contributed by atoms with Gasteiger partial charge in [-0.1, -0.05) is 30.3 Å². The largest absolute Gasteiger partial charge is 0.324 e. The number of hydrogen-bond acceptors (Lipinski definition) is 4. The van der Waals surface area contributed by atoms with E-state index in [2.05, 4.69) is 5.32 Å². The van der Waals surface area contributed by atoms with Gasteiger partial charge in [-0.05, 0) is 24.1 Å². The van der Waals surface area contributed by atoms with Gasteiger partial charge in [0.1, 0.15) is 0 Å². The highest BCUT2D eigenvalue weighted by Crippen LogP contribution is 2.29. The zero-order valence-electron chi connectivity index (χ0n) is 12.8. The van der Waals surface area contributed by atoms with Crippen LogP contribution in [0, 0.1) is 17.0 Å². The summed E-state index contributed by atoms with van der Waals surface area (Å²) in [5.41, 5.74) is 3.19. The van der Waals surface area contributed by atoms with Crippen LogP contribution in [0.5, 0.6) is 0 Å². The Hall–Kier alpha value is -2.73. The molecule has 1 heterocycles.